The SMILES string of the molecule is CN1CCN(C(=O)CCSc2ccccc2F)CC1. The molecule has 1 aliphatic rings. The number of nitrogens with zero attached hydrogens (tertiary/aromatic N) is 2. The highest BCUT2D eigenvalue weighted by atomic mass is 32.2. The highest BCUT2D eigenvalue weighted by Gasteiger charge is 2.18. The minimum absolute atomic E-state index is 0.178. The minimum Gasteiger partial charge on any atom is -0.340 e. The summed E-state index contributed by atoms with van der Waals surface area (Å²) in [5, 5.41) is 0. The highest BCUT2D eigenvalue weighted by Crippen LogP contribution is 2.22. The molecule has 1 saturated heterocycles. The van der Waals surface area contributed by atoms with Crippen molar-refractivity contribution in [3.63, 3.8) is 0 Å². The summed E-state index contributed by atoms with van der Waals surface area (Å²) in [5.74, 6) is 0.600. The number of carbonyl (C=O) groups is 1. The Kier molecular flexibility index (Phi) is 5.22. The predicted molar refractivity (Wildman–Crippen MR) is 75.8 cm³/mol. The number of halogens is 1. The summed E-state index contributed by atoms with van der Waals surface area (Å²) in [6.45, 7) is 3.48. The third-order valence-electron chi connectivity index (χ3n) is 3.27. The van der Waals surface area contributed by atoms with Crippen LogP contribution in [0.4, 0.5) is 4.39 Å². The lowest BCUT2D eigenvalue weighted by molar-refractivity contribution is -0.132. The molecule has 1 aliphatic heterocycles. The van der Waals surface area contributed by atoms with Gasteiger partial charge in [0.1, 0.15) is 5.82 Å². The van der Waals surface area contributed by atoms with Gasteiger partial charge in [-0.15, -0.1) is 11.8 Å². The maximum absolute atomic E-state index is 13.4. The molecule has 5 heteroatoms. The fourth-order valence-electron chi connectivity index (χ4n) is 2.02. The molecule has 104 valence electrons. The summed E-state index contributed by atoms with van der Waals surface area (Å²) in [5.41, 5.74) is 0. The Hall–Kier alpha value is -1.07. The summed E-state index contributed by atoms with van der Waals surface area (Å²) in [4.78, 5) is 16.7. The van der Waals surface area contributed by atoms with Crippen molar-refractivity contribution >= 4 is 17.7 Å². The standard InChI is InChI=1S/C14H19FN2OS/c1-16-7-9-17(10-8-16)14(18)6-11-19-13-5-3-2-4-12(13)15/h2-5H,6-11H2,1H3. The predicted octanol–water partition coefficient (Wildman–Crippen LogP) is 2.08. The van der Waals surface area contributed by atoms with E-state index >= 15 is 0 Å². The van der Waals surface area contributed by atoms with Crippen molar-refractivity contribution in [2.24, 2.45) is 0 Å². The van der Waals surface area contributed by atoms with Crippen molar-refractivity contribution in [1.82, 2.24) is 9.80 Å². The molecule has 0 radical (unpaired) electrons. The number of piperazine rings is 1. The van der Waals surface area contributed by atoms with Gasteiger partial charge in [-0.2, -0.15) is 0 Å². The summed E-state index contributed by atoms with van der Waals surface area (Å²) in [6, 6.07) is 6.69. The van der Waals surface area contributed by atoms with Crippen LogP contribution >= 0.6 is 11.8 Å². The second-order valence-electron chi connectivity index (χ2n) is 4.71. The van der Waals surface area contributed by atoms with E-state index in [4.69, 9.17) is 0 Å². The molecule has 19 heavy (non-hydrogen) atoms. The number of thioether (sulfide) groups is 1. The van der Waals surface area contributed by atoms with Gasteiger partial charge in [0.25, 0.3) is 0 Å². The molecule has 0 aromatic heterocycles. The molecule has 0 spiro atoms. The lowest BCUT2D eigenvalue weighted by atomic mass is 10.3. The van der Waals surface area contributed by atoms with Crippen LogP contribution in [0.1, 0.15) is 6.42 Å². The first-order chi connectivity index (χ1) is 9.16. The average molecular weight is 282 g/mol. The van der Waals surface area contributed by atoms with Gasteiger partial charge >= 0.3 is 0 Å². The molecule has 0 aliphatic carbocycles. The van der Waals surface area contributed by atoms with E-state index in [-0.39, 0.29) is 11.7 Å². The lowest BCUT2D eigenvalue weighted by Crippen LogP contribution is -2.47. The molecule has 1 aromatic carbocycles. The molecule has 0 atom stereocenters. The van der Waals surface area contributed by atoms with Gasteiger partial charge in [-0.25, -0.2) is 4.39 Å². The summed E-state index contributed by atoms with van der Waals surface area (Å²) < 4.78 is 13.4. The van der Waals surface area contributed by atoms with E-state index in [9.17, 15) is 9.18 Å². The van der Waals surface area contributed by atoms with E-state index in [1.807, 2.05) is 11.0 Å². The molecule has 1 aromatic rings. The first kappa shape index (κ1) is 14.3. The summed E-state index contributed by atoms with van der Waals surface area (Å²) >= 11 is 1.41. The molecule has 2 rings (SSSR count). The topological polar surface area (TPSA) is 23.6 Å². The second-order valence-corrected chi connectivity index (χ2v) is 5.85. The number of rotatable bonds is 4. The zero-order valence-corrected chi connectivity index (χ0v) is 12.0. The van der Waals surface area contributed by atoms with Crippen LogP contribution in [0, 0.1) is 5.82 Å². The van der Waals surface area contributed by atoms with E-state index in [2.05, 4.69) is 11.9 Å². The largest absolute Gasteiger partial charge is 0.340 e. The molecule has 1 amide bonds. The van der Waals surface area contributed by atoms with E-state index < -0.39 is 0 Å². The van der Waals surface area contributed by atoms with Gasteiger partial charge in [0.05, 0.1) is 0 Å². The zero-order chi connectivity index (χ0) is 13.7. The van der Waals surface area contributed by atoms with Crippen LogP contribution in [0.15, 0.2) is 29.2 Å². The fourth-order valence-corrected chi connectivity index (χ4v) is 2.90. The van der Waals surface area contributed by atoms with Crippen LogP contribution < -0.4 is 0 Å². The molecule has 0 saturated carbocycles. The minimum atomic E-state index is -0.209. The van der Waals surface area contributed by atoms with Crippen LogP contribution in [-0.4, -0.2) is 54.7 Å². The van der Waals surface area contributed by atoms with Crippen molar-refractivity contribution in [3.8, 4) is 0 Å². The normalized spacial score (nSPS) is 16.6. The number of hydrogen-bond acceptors (Lipinski definition) is 3. The second kappa shape index (κ2) is 6.91. The smallest absolute Gasteiger partial charge is 0.223 e. The van der Waals surface area contributed by atoms with E-state index in [1.54, 1.807) is 12.1 Å². The van der Waals surface area contributed by atoms with Crippen molar-refractivity contribution in [2.75, 3.05) is 39.0 Å². The molecular formula is C14H19FN2OS. The Morgan fingerprint density at radius 1 is 1.26 bits per heavy atom. The first-order valence-electron chi connectivity index (χ1n) is 6.50. The van der Waals surface area contributed by atoms with Crippen molar-refractivity contribution < 1.29 is 9.18 Å². The Bertz CT molecular complexity index is 433. The Morgan fingerprint density at radius 3 is 2.63 bits per heavy atom. The average Bonchev–Trinajstić information content (AvgIpc) is 2.41. The highest BCUT2D eigenvalue weighted by molar-refractivity contribution is 7.99. The van der Waals surface area contributed by atoms with Crippen molar-refractivity contribution in [3.05, 3.63) is 30.1 Å². The Morgan fingerprint density at radius 2 is 1.95 bits per heavy atom. The van der Waals surface area contributed by atoms with Gasteiger partial charge in [0.2, 0.25) is 5.91 Å². The zero-order valence-electron chi connectivity index (χ0n) is 11.1. The lowest BCUT2D eigenvalue weighted by Gasteiger charge is -2.32. The number of benzene rings is 1. The van der Waals surface area contributed by atoms with Gasteiger partial charge in [0.15, 0.2) is 0 Å². The van der Waals surface area contributed by atoms with Gasteiger partial charge in [-0.3, -0.25) is 4.79 Å². The Labute approximate surface area is 117 Å². The number of hydrogen-bond donors (Lipinski definition) is 0. The first-order valence-corrected chi connectivity index (χ1v) is 7.49. The van der Waals surface area contributed by atoms with Gasteiger partial charge in [-0.05, 0) is 19.2 Å². The monoisotopic (exact) mass is 282 g/mol. The molecular weight excluding hydrogens is 263 g/mol. The van der Waals surface area contributed by atoms with Crippen molar-refractivity contribution in [2.45, 2.75) is 11.3 Å². The van der Waals surface area contributed by atoms with Crippen LogP contribution in [0.25, 0.3) is 0 Å². The quantitative estimate of drug-likeness (QED) is 0.790. The number of amides is 1. The van der Waals surface area contributed by atoms with E-state index in [0.29, 0.717) is 17.1 Å². The third kappa shape index (κ3) is 4.21. The van der Waals surface area contributed by atoms with Crippen LogP contribution in [0.5, 0.6) is 0 Å². The van der Waals surface area contributed by atoms with Crippen LogP contribution in [0.3, 0.4) is 0 Å². The fraction of sp³-hybridized carbons (Fsp3) is 0.500. The van der Waals surface area contributed by atoms with Crippen LogP contribution in [-0.2, 0) is 4.79 Å². The van der Waals surface area contributed by atoms with Crippen molar-refractivity contribution in [1.29, 1.82) is 0 Å². The van der Waals surface area contributed by atoms with Gasteiger partial charge in [0, 0.05) is 43.2 Å². The molecule has 1 fully saturated rings. The maximum Gasteiger partial charge on any atom is 0.223 e. The molecule has 3 nitrogen and oxygen atoms in total. The number of likely N-dealkylation sites (N-methyl/N-ethyl adjacent to an activating group) is 1. The van der Waals surface area contributed by atoms with Gasteiger partial charge in [-0.1, -0.05) is 12.1 Å². The number of carbonyl (C=O) groups excluding carboxylic acids is 1. The summed E-state index contributed by atoms with van der Waals surface area (Å²) in [7, 11) is 2.07. The molecule has 0 bridgehead atoms. The molecule has 0 N–H and O–H groups in total. The van der Waals surface area contributed by atoms with Gasteiger partial charge < -0.3 is 9.80 Å². The maximum atomic E-state index is 13.4. The third-order valence-corrected chi connectivity index (χ3v) is 4.32. The summed E-state index contributed by atoms with van der Waals surface area (Å²) in [6.07, 6.45) is 0.475. The molecule has 0 unspecified atom stereocenters. The Balaban J connectivity index is 1.74. The van der Waals surface area contributed by atoms with Crippen LogP contribution in [0.2, 0.25) is 0 Å². The van der Waals surface area contributed by atoms with E-state index in [1.165, 1.54) is 17.8 Å². The molecule has 1 heterocycles. The van der Waals surface area contributed by atoms with E-state index in [0.717, 1.165) is 26.2 Å².